The predicted molar refractivity (Wildman–Crippen MR) is 83.1 cm³/mol. The van der Waals surface area contributed by atoms with Crippen LogP contribution in [0.4, 0.5) is 4.39 Å². The zero-order valence-electron chi connectivity index (χ0n) is 11.4. The second-order valence-corrected chi connectivity index (χ2v) is 5.63. The van der Waals surface area contributed by atoms with Gasteiger partial charge in [-0.05, 0) is 67.4 Å². The topological polar surface area (TPSA) is 12.0 Å². The first-order valence-electron chi connectivity index (χ1n) is 6.38. The molecule has 0 heterocycles. The van der Waals surface area contributed by atoms with Gasteiger partial charge in [-0.2, -0.15) is 0 Å². The van der Waals surface area contributed by atoms with Crippen molar-refractivity contribution in [3.05, 3.63) is 69.0 Å². The van der Waals surface area contributed by atoms with Crippen LogP contribution in [0.5, 0.6) is 0 Å². The van der Waals surface area contributed by atoms with Crippen LogP contribution in [0.1, 0.15) is 22.7 Å². The molecule has 0 radical (unpaired) electrons. The molecule has 0 fully saturated rings. The van der Waals surface area contributed by atoms with Gasteiger partial charge in [-0.25, -0.2) is 4.39 Å². The molecule has 1 atom stereocenters. The lowest BCUT2D eigenvalue weighted by atomic mass is 9.96. The summed E-state index contributed by atoms with van der Waals surface area (Å²) >= 11 is 12.3. The van der Waals surface area contributed by atoms with Gasteiger partial charge in [-0.15, -0.1) is 0 Å². The average Bonchev–Trinajstić information content (AvgIpc) is 2.41. The Kier molecular flexibility index (Phi) is 5.03. The van der Waals surface area contributed by atoms with Crippen molar-refractivity contribution in [1.29, 1.82) is 0 Å². The van der Waals surface area contributed by atoms with Gasteiger partial charge in [0.1, 0.15) is 5.82 Å². The zero-order valence-corrected chi connectivity index (χ0v) is 12.9. The van der Waals surface area contributed by atoms with Gasteiger partial charge in [-0.3, -0.25) is 0 Å². The molecule has 2 rings (SSSR count). The van der Waals surface area contributed by atoms with E-state index in [0.717, 1.165) is 23.1 Å². The number of benzene rings is 2. The van der Waals surface area contributed by atoms with E-state index in [4.69, 9.17) is 23.2 Å². The molecule has 1 N–H and O–H groups in total. The Morgan fingerprint density at radius 1 is 1.15 bits per heavy atom. The van der Waals surface area contributed by atoms with E-state index in [1.54, 1.807) is 18.2 Å². The lowest BCUT2D eigenvalue weighted by Gasteiger charge is -2.19. The monoisotopic (exact) mass is 311 g/mol. The zero-order chi connectivity index (χ0) is 14.7. The summed E-state index contributed by atoms with van der Waals surface area (Å²) in [6.45, 7) is 1.91. The molecule has 106 valence electrons. The first kappa shape index (κ1) is 15.3. The third-order valence-electron chi connectivity index (χ3n) is 3.41. The highest BCUT2D eigenvalue weighted by Gasteiger charge is 2.15. The molecule has 1 unspecified atom stereocenters. The standard InChI is InChI=1S/C16H16Cl2FN/c1-10-7-13(19)5-3-11(10)8-16(20-2)14-9-12(17)4-6-15(14)18/h3-7,9,16,20H,8H2,1-2H3. The minimum Gasteiger partial charge on any atom is -0.313 e. The lowest BCUT2D eigenvalue weighted by Crippen LogP contribution is -2.19. The smallest absolute Gasteiger partial charge is 0.123 e. The Labute approximate surface area is 128 Å². The summed E-state index contributed by atoms with van der Waals surface area (Å²) < 4.78 is 13.2. The van der Waals surface area contributed by atoms with Crippen molar-refractivity contribution in [2.45, 2.75) is 19.4 Å². The number of hydrogen-bond donors (Lipinski definition) is 1. The maximum absolute atomic E-state index is 13.2. The van der Waals surface area contributed by atoms with Crippen LogP contribution in [0.15, 0.2) is 36.4 Å². The van der Waals surface area contributed by atoms with E-state index in [2.05, 4.69) is 5.32 Å². The Balaban J connectivity index is 2.31. The summed E-state index contributed by atoms with van der Waals surface area (Å²) in [5.41, 5.74) is 2.97. The molecule has 0 aliphatic carbocycles. The van der Waals surface area contributed by atoms with Crippen LogP contribution < -0.4 is 5.32 Å². The molecule has 4 heteroatoms. The summed E-state index contributed by atoms with van der Waals surface area (Å²) in [7, 11) is 1.88. The Bertz CT molecular complexity index is 613. The lowest BCUT2D eigenvalue weighted by molar-refractivity contribution is 0.587. The molecule has 0 bridgehead atoms. The van der Waals surface area contributed by atoms with Crippen molar-refractivity contribution < 1.29 is 4.39 Å². The highest BCUT2D eigenvalue weighted by Crippen LogP contribution is 2.29. The van der Waals surface area contributed by atoms with Gasteiger partial charge >= 0.3 is 0 Å². The summed E-state index contributed by atoms with van der Waals surface area (Å²) in [5.74, 6) is -0.215. The Morgan fingerprint density at radius 3 is 2.55 bits per heavy atom. The number of halogens is 3. The van der Waals surface area contributed by atoms with Gasteiger partial charge in [0.25, 0.3) is 0 Å². The summed E-state index contributed by atoms with van der Waals surface area (Å²) in [5, 5.41) is 4.57. The number of rotatable bonds is 4. The van der Waals surface area contributed by atoms with Crippen molar-refractivity contribution >= 4 is 23.2 Å². The van der Waals surface area contributed by atoms with Gasteiger partial charge in [-0.1, -0.05) is 29.3 Å². The van der Waals surface area contributed by atoms with Crippen LogP contribution in [0.3, 0.4) is 0 Å². The minimum atomic E-state index is -0.215. The fourth-order valence-corrected chi connectivity index (χ4v) is 2.69. The molecule has 1 nitrogen and oxygen atoms in total. The van der Waals surface area contributed by atoms with Crippen LogP contribution in [0, 0.1) is 12.7 Å². The summed E-state index contributed by atoms with van der Waals surface area (Å²) in [4.78, 5) is 0. The highest BCUT2D eigenvalue weighted by molar-refractivity contribution is 6.33. The molecule has 2 aromatic carbocycles. The van der Waals surface area contributed by atoms with Gasteiger partial charge in [0, 0.05) is 16.1 Å². The number of aryl methyl sites for hydroxylation is 1. The molecular weight excluding hydrogens is 296 g/mol. The second kappa shape index (κ2) is 6.57. The normalized spacial score (nSPS) is 12.4. The molecule has 0 amide bonds. The third-order valence-corrected chi connectivity index (χ3v) is 3.99. The number of hydrogen-bond acceptors (Lipinski definition) is 1. The molecule has 0 aliphatic rings. The van der Waals surface area contributed by atoms with E-state index >= 15 is 0 Å². The van der Waals surface area contributed by atoms with Gasteiger partial charge in [0.05, 0.1) is 0 Å². The van der Waals surface area contributed by atoms with Crippen LogP contribution >= 0.6 is 23.2 Å². The summed E-state index contributed by atoms with van der Waals surface area (Å²) in [6.07, 6.45) is 0.725. The quantitative estimate of drug-likeness (QED) is 0.843. The molecule has 0 aromatic heterocycles. The fourth-order valence-electron chi connectivity index (χ4n) is 2.26. The van der Waals surface area contributed by atoms with Crippen LogP contribution in [0.2, 0.25) is 10.0 Å². The van der Waals surface area contributed by atoms with Crippen LogP contribution in [0.25, 0.3) is 0 Å². The van der Waals surface area contributed by atoms with Crippen molar-refractivity contribution in [2.75, 3.05) is 7.05 Å². The van der Waals surface area contributed by atoms with Crippen molar-refractivity contribution in [2.24, 2.45) is 0 Å². The number of nitrogens with one attached hydrogen (secondary N) is 1. The van der Waals surface area contributed by atoms with Crippen molar-refractivity contribution in [3.8, 4) is 0 Å². The van der Waals surface area contributed by atoms with Crippen LogP contribution in [-0.4, -0.2) is 7.05 Å². The van der Waals surface area contributed by atoms with Gasteiger partial charge < -0.3 is 5.32 Å². The Hall–Kier alpha value is -1.09. The highest BCUT2D eigenvalue weighted by atomic mass is 35.5. The van der Waals surface area contributed by atoms with Gasteiger partial charge in [0.2, 0.25) is 0 Å². The van der Waals surface area contributed by atoms with Gasteiger partial charge in [0.15, 0.2) is 0 Å². The molecule has 0 saturated carbocycles. The van der Waals surface area contributed by atoms with Crippen molar-refractivity contribution in [3.63, 3.8) is 0 Å². The SMILES string of the molecule is CNC(Cc1ccc(F)cc1C)c1cc(Cl)ccc1Cl. The van der Waals surface area contributed by atoms with E-state index in [0.29, 0.717) is 10.0 Å². The maximum Gasteiger partial charge on any atom is 0.123 e. The van der Waals surface area contributed by atoms with E-state index in [1.165, 1.54) is 6.07 Å². The molecule has 0 aliphatic heterocycles. The Morgan fingerprint density at radius 2 is 1.90 bits per heavy atom. The molecule has 0 saturated heterocycles. The van der Waals surface area contributed by atoms with E-state index in [1.807, 2.05) is 26.1 Å². The number of likely N-dealkylation sites (N-methyl/N-ethyl adjacent to an activating group) is 1. The second-order valence-electron chi connectivity index (χ2n) is 4.78. The minimum absolute atomic E-state index is 0.0327. The molecule has 0 spiro atoms. The summed E-state index contributed by atoms with van der Waals surface area (Å²) in [6, 6.07) is 10.3. The fraction of sp³-hybridized carbons (Fsp3) is 0.250. The average molecular weight is 312 g/mol. The largest absolute Gasteiger partial charge is 0.313 e. The maximum atomic E-state index is 13.2. The molecular formula is C16H16Cl2FN. The molecule has 2 aromatic rings. The first-order valence-corrected chi connectivity index (χ1v) is 7.14. The van der Waals surface area contributed by atoms with E-state index < -0.39 is 0 Å². The van der Waals surface area contributed by atoms with E-state index in [-0.39, 0.29) is 11.9 Å². The van der Waals surface area contributed by atoms with E-state index in [9.17, 15) is 4.39 Å². The van der Waals surface area contributed by atoms with Crippen LogP contribution in [-0.2, 0) is 6.42 Å². The molecule has 20 heavy (non-hydrogen) atoms. The third kappa shape index (κ3) is 3.51. The predicted octanol–water partition coefficient (Wildman–Crippen LogP) is 4.94. The first-order chi connectivity index (χ1) is 9.51. The van der Waals surface area contributed by atoms with Crippen molar-refractivity contribution in [1.82, 2.24) is 5.32 Å².